The van der Waals surface area contributed by atoms with Gasteiger partial charge >= 0.3 is 0 Å². The Bertz CT molecular complexity index is 663. The van der Waals surface area contributed by atoms with Gasteiger partial charge in [0.25, 0.3) is 0 Å². The summed E-state index contributed by atoms with van der Waals surface area (Å²) in [7, 11) is 0. The van der Waals surface area contributed by atoms with E-state index in [9.17, 15) is 0 Å². The van der Waals surface area contributed by atoms with Crippen LogP contribution in [0.4, 0.5) is 0 Å². The highest BCUT2D eigenvalue weighted by Crippen LogP contribution is 2.11. The van der Waals surface area contributed by atoms with Crippen LogP contribution in [0.2, 0.25) is 0 Å². The summed E-state index contributed by atoms with van der Waals surface area (Å²) >= 11 is 0. The summed E-state index contributed by atoms with van der Waals surface area (Å²) in [5.41, 5.74) is 3.83. The third-order valence-corrected chi connectivity index (χ3v) is 4.06. The number of hydrogen-bond donors (Lipinski definition) is 1. The van der Waals surface area contributed by atoms with Gasteiger partial charge in [0.1, 0.15) is 0 Å². The molecule has 25 heavy (non-hydrogen) atoms. The molecule has 0 atom stereocenters. The largest absolute Gasteiger partial charge is 0.396 e. The van der Waals surface area contributed by atoms with E-state index in [2.05, 4.69) is 66.8 Å². The van der Waals surface area contributed by atoms with Gasteiger partial charge in [-0.05, 0) is 36.0 Å². The van der Waals surface area contributed by atoms with Gasteiger partial charge in [0.15, 0.2) is 0 Å². The van der Waals surface area contributed by atoms with E-state index in [1.54, 1.807) is 0 Å². The lowest BCUT2D eigenvalue weighted by molar-refractivity contribution is 0.282. The van der Waals surface area contributed by atoms with Gasteiger partial charge < -0.3 is 5.11 Å². The highest BCUT2D eigenvalue weighted by Gasteiger charge is 1.94. The van der Waals surface area contributed by atoms with E-state index >= 15 is 0 Å². The number of aryl methyl sites for hydroxylation is 1. The number of allylic oxidation sites excluding steroid dienone is 4. The fourth-order valence-electron chi connectivity index (χ4n) is 2.62. The van der Waals surface area contributed by atoms with Crippen molar-refractivity contribution >= 4 is 12.2 Å². The fraction of sp³-hybridized carbons (Fsp3) is 0.250. The van der Waals surface area contributed by atoms with Crippen molar-refractivity contribution in [2.45, 2.75) is 32.1 Å². The summed E-state index contributed by atoms with van der Waals surface area (Å²) in [6.07, 6.45) is 18.0. The topological polar surface area (TPSA) is 20.2 Å². The molecule has 0 aliphatic heterocycles. The number of rotatable bonds is 10. The molecule has 2 rings (SSSR count). The molecule has 0 fully saturated rings. The highest BCUT2D eigenvalue weighted by atomic mass is 16.2. The second-order valence-corrected chi connectivity index (χ2v) is 6.14. The molecule has 1 heteroatoms. The third kappa shape index (κ3) is 8.32. The molecule has 0 aliphatic rings. The summed E-state index contributed by atoms with van der Waals surface area (Å²) in [5.74, 6) is 0. The van der Waals surface area contributed by atoms with Crippen LogP contribution in [0.1, 0.15) is 42.4 Å². The monoisotopic (exact) mass is 332 g/mol. The van der Waals surface area contributed by atoms with Crippen LogP contribution in [0.15, 0.2) is 78.9 Å². The summed E-state index contributed by atoms with van der Waals surface area (Å²) in [4.78, 5) is 0. The van der Waals surface area contributed by atoms with E-state index in [4.69, 9.17) is 5.11 Å². The molecule has 0 aliphatic carbocycles. The zero-order valence-corrected chi connectivity index (χ0v) is 14.9. The molecule has 0 saturated heterocycles. The smallest absolute Gasteiger partial charge is 0.0431 e. The second kappa shape index (κ2) is 12.0. The number of benzene rings is 2. The minimum absolute atomic E-state index is 0.317. The van der Waals surface area contributed by atoms with Crippen LogP contribution < -0.4 is 0 Å². The first-order chi connectivity index (χ1) is 12.4. The van der Waals surface area contributed by atoms with Crippen molar-refractivity contribution in [1.29, 1.82) is 0 Å². The molecule has 2 aromatic carbocycles. The predicted molar refractivity (Wildman–Crippen MR) is 109 cm³/mol. The van der Waals surface area contributed by atoms with Crippen molar-refractivity contribution in [3.63, 3.8) is 0 Å². The second-order valence-electron chi connectivity index (χ2n) is 6.14. The Morgan fingerprint density at radius 2 is 1.20 bits per heavy atom. The summed E-state index contributed by atoms with van der Waals surface area (Å²) in [5, 5.41) is 8.77. The highest BCUT2D eigenvalue weighted by molar-refractivity contribution is 5.53. The lowest BCUT2D eigenvalue weighted by Gasteiger charge is -2.02. The van der Waals surface area contributed by atoms with E-state index in [-0.39, 0.29) is 0 Å². The number of hydrogen-bond acceptors (Lipinski definition) is 1. The molecular weight excluding hydrogens is 304 g/mol. The molecular formula is C24H28O. The van der Waals surface area contributed by atoms with Gasteiger partial charge in [0.05, 0.1) is 0 Å². The minimum atomic E-state index is 0.317. The van der Waals surface area contributed by atoms with Gasteiger partial charge in [-0.1, -0.05) is 104 Å². The normalized spacial score (nSPS) is 11.9. The number of unbranched alkanes of at least 4 members (excludes halogenated alkanes) is 3. The number of aliphatic hydroxyl groups excluding tert-OH is 1. The first kappa shape index (κ1) is 19.0. The average molecular weight is 332 g/mol. The molecule has 2 aromatic rings. The standard InChI is InChI=1S/C24H28O/c25-21-11-4-3-8-16-24-19-17-23(18-20-24)15-7-2-1-6-12-22-13-9-5-10-14-22/h1-2,5-7,9-10,12-15,17-20,25H,3-4,8,11,16,21H2/b2-1+,12-6+,15-7+. The third-order valence-electron chi connectivity index (χ3n) is 4.06. The SMILES string of the molecule is OCCCCCCc1ccc(/C=C/C=C/C=C/c2ccccc2)cc1. The lowest BCUT2D eigenvalue weighted by Crippen LogP contribution is -1.88. The van der Waals surface area contributed by atoms with Crippen LogP contribution >= 0.6 is 0 Å². The van der Waals surface area contributed by atoms with Crippen LogP contribution in [-0.4, -0.2) is 11.7 Å². The Morgan fingerprint density at radius 3 is 1.84 bits per heavy atom. The van der Waals surface area contributed by atoms with Gasteiger partial charge in [0, 0.05) is 6.61 Å². The van der Waals surface area contributed by atoms with Crippen LogP contribution in [-0.2, 0) is 6.42 Å². The maximum atomic E-state index is 8.77. The average Bonchev–Trinajstić information content (AvgIpc) is 2.66. The first-order valence-electron chi connectivity index (χ1n) is 9.15. The number of aliphatic hydroxyl groups is 1. The van der Waals surface area contributed by atoms with Crippen LogP contribution in [0.5, 0.6) is 0 Å². The zero-order valence-electron chi connectivity index (χ0n) is 14.9. The molecule has 1 N–H and O–H groups in total. The van der Waals surface area contributed by atoms with Gasteiger partial charge in [-0.25, -0.2) is 0 Å². The van der Waals surface area contributed by atoms with Crippen molar-refractivity contribution in [3.8, 4) is 0 Å². The van der Waals surface area contributed by atoms with Gasteiger partial charge in [-0.2, -0.15) is 0 Å². The van der Waals surface area contributed by atoms with Crippen molar-refractivity contribution < 1.29 is 5.11 Å². The van der Waals surface area contributed by atoms with E-state index in [0.717, 1.165) is 19.3 Å². The molecule has 130 valence electrons. The molecule has 0 heterocycles. The molecule has 0 spiro atoms. The van der Waals surface area contributed by atoms with Crippen molar-refractivity contribution in [2.75, 3.05) is 6.61 Å². The quantitative estimate of drug-likeness (QED) is 0.414. The summed E-state index contributed by atoms with van der Waals surface area (Å²) < 4.78 is 0. The van der Waals surface area contributed by atoms with Gasteiger partial charge in [0.2, 0.25) is 0 Å². The van der Waals surface area contributed by atoms with Crippen LogP contribution in [0.3, 0.4) is 0 Å². The maximum Gasteiger partial charge on any atom is 0.0431 e. The molecule has 1 nitrogen and oxygen atoms in total. The van der Waals surface area contributed by atoms with Crippen LogP contribution in [0.25, 0.3) is 12.2 Å². The van der Waals surface area contributed by atoms with Gasteiger partial charge in [-0.3, -0.25) is 0 Å². The summed E-state index contributed by atoms with van der Waals surface area (Å²) in [6.45, 7) is 0.317. The summed E-state index contributed by atoms with van der Waals surface area (Å²) in [6, 6.07) is 19.1. The van der Waals surface area contributed by atoms with Crippen molar-refractivity contribution in [2.24, 2.45) is 0 Å². The Morgan fingerprint density at radius 1 is 0.600 bits per heavy atom. The molecule has 0 unspecified atom stereocenters. The molecule has 0 radical (unpaired) electrons. The molecule has 0 amide bonds. The predicted octanol–water partition coefficient (Wildman–Crippen LogP) is 6.06. The van der Waals surface area contributed by atoms with E-state index in [0.29, 0.717) is 6.61 Å². The lowest BCUT2D eigenvalue weighted by atomic mass is 10.0. The Hall–Kier alpha value is -2.38. The van der Waals surface area contributed by atoms with Gasteiger partial charge in [-0.15, -0.1) is 0 Å². The molecule has 0 bridgehead atoms. The maximum absolute atomic E-state index is 8.77. The molecule has 0 aromatic heterocycles. The van der Waals surface area contributed by atoms with Crippen molar-refractivity contribution in [3.05, 3.63) is 95.6 Å². The van der Waals surface area contributed by atoms with E-state index in [1.165, 1.54) is 29.5 Å². The Kier molecular flexibility index (Phi) is 9.13. The zero-order chi connectivity index (χ0) is 17.6. The van der Waals surface area contributed by atoms with Crippen molar-refractivity contribution in [1.82, 2.24) is 0 Å². The van der Waals surface area contributed by atoms with Crippen LogP contribution in [0, 0.1) is 0 Å². The minimum Gasteiger partial charge on any atom is -0.396 e. The molecule has 0 saturated carbocycles. The Labute approximate surface area is 152 Å². The van der Waals surface area contributed by atoms with E-state index < -0.39 is 0 Å². The fourth-order valence-corrected chi connectivity index (χ4v) is 2.62. The first-order valence-corrected chi connectivity index (χ1v) is 9.15. The Balaban J connectivity index is 1.72. The van der Waals surface area contributed by atoms with E-state index in [1.807, 2.05) is 24.3 Å².